The summed E-state index contributed by atoms with van der Waals surface area (Å²) in [7, 11) is 0. The van der Waals surface area contributed by atoms with Gasteiger partial charge in [0.05, 0.1) is 0 Å². The van der Waals surface area contributed by atoms with Gasteiger partial charge in [-0.2, -0.15) is 0 Å². The Kier molecular flexibility index (Phi) is 3.08. The van der Waals surface area contributed by atoms with Crippen molar-refractivity contribution in [2.75, 3.05) is 11.4 Å². The zero-order valence-electron chi connectivity index (χ0n) is 11.1. The lowest BCUT2D eigenvalue weighted by Gasteiger charge is -2.19. The van der Waals surface area contributed by atoms with Gasteiger partial charge in [0.2, 0.25) is 0 Å². The molecule has 0 bridgehead atoms. The Labute approximate surface area is 113 Å². The highest BCUT2D eigenvalue weighted by atomic mass is 16.1. The van der Waals surface area contributed by atoms with Crippen LogP contribution in [0.4, 0.5) is 11.4 Å². The topological polar surface area (TPSA) is 20.3 Å². The number of carbonyl (C=O) groups is 1. The summed E-state index contributed by atoms with van der Waals surface area (Å²) in [6.45, 7) is 2.91. The van der Waals surface area contributed by atoms with E-state index in [1.807, 2.05) is 31.2 Å². The fourth-order valence-corrected chi connectivity index (χ4v) is 2.64. The third-order valence-corrected chi connectivity index (χ3v) is 3.71. The molecule has 2 aromatic rings. The standard InChI is InChI=1S/C17H17NO/c1-2-17(19)14-7-9-15(10-8-14)18-12-11-13-5-3-4-6-16(13)18/h3-10H,2,11-12H2,1H3. The molecule has 0 fully saturated rings. The fraction of sp³-hybridized carbons (Fsp3) is 0.235. The zero-order chi connectivity index (χ0) is 13.2. The van der Waals surface area contributed by atoms with Crippen molar-refractivity contribution in [1.82, 2.24) is 0 Å². The summed E-state index contributed by atoms with van der Waals surface area (Å²) in [5.41, 5.74) is 4.66. The number of anilines is 2. The van der Waals surface area contributed by atoms with E-state index in [9.17, 15) is 4.79 Å². The molecule has 0 saturated carbocycles. The summed E-state index contributed by atoms with van der Waals surface area (Å²) >= 11 is 0. The average Bonchev–Trinajstić information content (AvgIpc) is 2.90. The van der Waals surface area contributed by atoms with Crippen molar-refractivity contribution in [3.05, 3.63) is 59.7 Å². The van der Waals surface area contributed by atoms with Crippen molar-refractivity contribution in [3.8, 4) is 0 Å². The lowest BCUT2D eigenvalue weighted by molar-refractivity contribution is 0.0988. The van der Waals surface area contributed by atoms with Gasteiger partial charge in [0, 0.05) is 29.9 Å². The Morgan fingerprint density at radius 3 is 2.58 bits per heavy atom. The Morgan fingerprint density at radius 2 is 1.84 bits per heavy atom. The lowest BCUT2D eigenvalue weighted by atomic mass is 10.1. The second kappa shape index (κ2) is 4.88. The quantitative estimate of drug-likeness (QED) is 0.769. The normalized spacial score (nSPS) is 13.4. The number of hydrogen-bond donors (Lipinski definition) is 0. The van der Waals surface area contributed by atoms with Crippen molar-refractivity contribution >= 4 is 17.2 Å². The molecule has 0 saturated heterocycles. The summed E-state index contributed by atoms with van der Waals surface area (Å²) in [6, 6.07) is 16.5. The third-order valence-electron chi connectivity index (χ3n) is 3.71. The molecule has 3 rings (SSSR count). The third kappa shape index (κ3) is 2.14. The van der Waals surface area contributed by atoms with Crippen LogP contribution in [0.3, 0.4) is 0 Å². The minimum Gasteiger partial charge on any atom is -0.341 e. The number of para-hydroxylation sites is 1. The average molecular weight is 251 g/mol. The molecule has 1 aliphatic rings. The van der Waals surface area contributed by atoms with Crippen LogP contribution in [0.15, 0.2) is 48.5 Å². The van der Waals surface area contributed by atoms with Crippen LogP contribution in [-0.4, -0.2) is 12.3 Å². The van der Waals surface area contributed by atoms with Crippen LogP contribution >= 0.6 is 0 Å². The first kappa shape index (κ1) is 12.0. The van der Waals surface area contributed by atoms with Gasteiger partial charge in [-0.3, -0.25) is 4.79 Å². The van der Waals surface area contributed by atoms with E-state index in [-0.39, 0.29) is 5.78 Å². The minimum absolute atomic E-state index is 0.202. The van der Waals surface area contributed by atoms with E-state index >= 15 is 0 Å². The predicted octanol–water partition coefficient (Wildman–Crippen LogP) is 3.97. The predicted molar refractivity (Wildman–Crippen MR) is 78.2 cm³/mol. The van der Waals surface area contributed by atoms with Crippen molar-refractivity contribution in [2.45, 2.75) is 19.8 Å². The van der Waals surface area contributed by atoms with Crippen LogP contribution < -0.4 is 4.90 Å². The van der Waals surface area contributed by atoms with E-state index in [4.69, 9.17) is 0 Å². The van der Waals surface area contributed by atoms with Crippen molar-refractivity contribution in [1.29, 1.82) is 0 Å². The number of benzene rings is 2. The first-order valence-electron chi connectivity index (χ1n) is 6.78. The van der Waals surface area contributed by atoms with Gasteiger partial charge in [0.15, 0.2) is 5.78 Å². The summed E-state index contributed by atoms with van der Waals surface area (Å²) in [6.07, 6.45) is 1.65. The maximum Gasteiger partial charge on any atom is 0.162 e. The van der Waals surface area contributed by atoms with Gasteiger partial charge in [-0.1, -0.05) is 25.1 Å². The van der Waals surface area contributed by atoms with E-state index < -0.39 is 0 Å². The summed E-state index contributed by atoms with van der Waals surface area (Å²) in [5.74, 6) is 0.202. The number of nitrogens with zero attached hydrogens (tertiary/aromatic N) is 1. The number of rotatable bonds is 3. The van der Waals surface area contributed by atoms with E-state index in [0.717, 1.165) is 24.2 Å². The van der Waals surface area contributed by atoms with E-state index in [1.165, 1.54) is 11.3 Å². The van der Waals surface area contributed by atoms with Gasteiger partial charge in [-0.15, -0.1) is 0 Å². The number of ketones is 1. The SMILES string of the molecule is CCC(=O)c1ccc(N2CCc3ccccc32)cc1. The Bertz CT molecular complexity index is 601. The molecule has 1 aliphatic heterocycles. The van der Waals surface area contributed by atoms with Crippen LogP contribution in [0.1, 0.15) is 29.3 Å². The molecule has 0 N–H and O–H groups in total. The first-order chi connectivity index (χ1) is 9.29. The highest BCUT2D eigenvalue weighted by molar-refractivity contribution is 5.96. The molecule has 0 aliphatic carbocycles. The van der Waals surface area contributed by atoms with Gasteiger partial charge in [0.25, 0.3) is 0 Å². The molecule has 1 heterocycles. The van der Waals surface area contributed by atoms with Gasteiger partial charge < -0.3 is 4.90 Å². The van der Waals surface area contributed by atoms with Crippen LogP contribution in [0.2, 0.25) is 0 Å². The van der Waals surface area contributed by atoms with E-state index in [2.05, 4.69) is 29.2 Å². The minimum atomic E-state index is 0.202. The summed E-state index contributed by atoms with van der Waals surface area (Å²) in [5, 5.41) is 0. The molecule has 19 heavy (non-hydrogen) atoms. The fourth-order valence-electron chi connectivity index (χ4n) is 2.64. The van der Waals surface area contributed by atoms with Crippen LogP contribution in [0.5, 0.6) is 0 Å². The largest absolute Gasteiger partial charge is 0.341 e. The molecular weight excluding hydrogens is 234 g/mol. The Morgan fingerprint density at radius 1 is 1.11 bits per heavy atom. The molecule has 96 valence electrons. The lowest BCUT2D eigenvalue weighted by Crippen LogP contribution is -2.13. The van der Waals surface area contributed by atoms with E-state index in [1.54, 1.807) is 0 Å². The molecule has 0 atom stereocenters. The van der Waals surface area contributed by atoms with Crippen LogP contribution in [0, 0.1) is 0 Å². The number of carbonyl (C=O) groups excluding carboxylic acids is 1. The first-order valence-corrected chi connectivity index (χ1v) is 6.78. The molecule has 0 unspecified atom stereocenters. The van der Waals surface area contributed by atoms with Gasteiger partial charge in [-0.25, -0.2) is 0 Å². The molecule has 0 radical (unpaired) electrons. The maximum absolute atomic E-state index is 11.6. The van der Waals surface area contributed by atoms with Crippen molar-refractivity contribution < 1.29 is 4.79 Å². The molecule has 0 spiro atoms. The highest BCUT2D eigenvalue weighted by Crippen LogP contribution is 2.34. The number of fused-ring (bicyclic) bond motifs is 1. The summed E-state index contributed by atoms with van der Waals surface area (Å²) < 4.78 is 0. The molecular formula is C17H17NO. The smallest absolute Gasteiger partial charge is 0.162 e. The second-order valence-electron chi connectivity index (χ2n) is 4.85. The molecule has 2 heteroatoms. The van der Waals surface area contributed by atoms with Gasteiger partial charge in [0.1, 0.15) is 0 Å². The van der Waals surface area contributed by atoms with Crippen molar-refractivity contribution in [3.63, 3.8) is 0 Å². The van der Waals surface area contributed by atoms with Gasteiger partial charge >= 0.3 is 0 Å². The molecule has 0 amide bonds. The van der Waals surface area contributed by atoms with Crippen molar-refractivity contribution in [2.24, 2.45) is 0 Å². The Hall–Kier alpha value is -2.09. The Balaban J connectivity index is 1.90. The second-order valence-corrected chi connectivity index (χ2v) is 4.85. The number of hydrogen-bond acceptors (Lipinski definition) is 2. The van der Waals surface area contributed by atoms with E-state index in [0.29, 0.717) is 6.42 Å². The van der Waals surface area contributed by atoms with Gasteiger partial charge in [-0.05, 0) is 42.3 Å². The highest BCUT2D eigenvalue weighted by Gasteiger charge is 2.19. The van der Waals surface area contributed by atoms with Crippen LogP contribution in [0.25, 0.3) is 0 Å². The summed E-state index contributed by atoms with van der Waals surface area (Å²) in [4.78, 5) is 13.9. The monoisotopic (exact) mass is 251 g/mol. The maximum atomic E-state index is 11.6. The molecule has 0 aromatic heterocycles. The zero-order valence-corrected chi connectivity index (χ0v) is 11.1. The molecule has 2 nitrogen and oxygen atoms in total. The number of Topliss-reactive ketones (excluding diaryl/α,β-unsaturated/α-hetero) is 1. The molecule has 2 aromatic carbocycles. The van der Waals surface area contributed by atoms with Crippen LogP contribution in [-0.2, 0) is 6.42 Å².